The van der Waals surface area contributed by atoms with Gasteiger partial charge in [0.05, 0.1) is 27.2 Å². The molecule has 206 valence electrons. The van der Waals surface area contributed by atoms with E-state index in [1.54, 1.807) is 7.11 Å². The lowest BCUT2D eigenvalue weighted by Gasteiger charge is -2.61. The lowest BCUT2D eigenvalue weighted by Crippen LogP contribution is -2.72. The first-order valence-electron chi connectivity index (χ1n) is 14.3. The van der Waals surface area contributed by atoms with Gasteiger partial charge in [0.2, 0.25) is 5.91 Å². The summed E-state index contributed by atoms with van der Waals surface area (Å²) in [4.78, 5) is 13.0. The summed E-state index contributed by atoms with van der Waals surface area (Å²) in [6, 6.07) is 19.3. The predicted molar refractivity (Wildman–Crippen MR) is 154 cm³/mol. The van der Waals surface area contributed by atoms with E-state index in [1.165, 1.54) is 11.1 Å². The molecule has 2 aromatic rings. The van der Waals surface area contributed by atoms with E-state index >= 15 is 0 Å². The number of hydrogen-bond donors (Lipinski definition) is 1. The van der Waals surface area contributed by atoms with Crippen LogP contribution in [-0.4, -0.2) is 62.9 Å². The van der Waals surface area contributed by atoms with Gasteiger partial charge in [-0.25, -0.2) is 0 Å². The van der Waals surface area contributed by atoms with E-state index in [0.717, 1.165) is 81.2 Å². The third-order valence-corrected chi connectivity index (χ3v) is 9.24. The fourth-order valence-electron chi connectivity index (χ4n) is 7.21. The summed E-state index contributed by atoms with van der Waals surface area (Å²) in [5.41, 5.74) is 2.16. The SMILES string of the molecule is C=CC[N@@+]1(C)CC[C@@]2(c3cccc(OC)c3)C[C@@H](NC(=O)CCCCCc3ccccc3)CCC2(OC)C1. The van der Waals surface area contributed by atoms with Crippen molar-refractivity contribution in [3.8, 4) is 5.75 Å². The summed E-state index contributed by atoms with van der Waals surface area (Å²) in [7, 11) is 5.93. The van der Waals surface area contributed by atoms with Gasteiger partial charge in [0.25, 0.3) is 0 Å². The van der Waals surface area contributed by atoms with Crippen LogP contribution in [0.5, 0.6) is 5.75 Å². The topological polar surface area (TPSA) is 47.6 Å². The van der Waals surface area contributed by atoms with Gasteiger partial charge in [0.15, 0.2) is 0 Å². The van der Waals surface area contributed by atoms with Crippen LogP contribution in [0.1, 0.15) is 62.5 Å². The van der Waals surface area contributed by atoms with Gasteiger partial charge >= 0.3 is 0 Å². The molecule has 1 amide bonds. The largest absolute Gasteiger partial charge is 0.497 e. The number of likely N-dealkylation sites (tertiary alicyclic amines) is 1. The summed E-state index contributed by atoms with van der Waals surface area (Å²) in [5, 5.41) is 3.42. The fraction of sp³-hybridized carbons (Fsp3) is 0.545. The number of nitrogens with one attached hydrogen (secondary N) is 1. The van der Waals surface area contributed by atoms with Gasteiger partial charge in [-0.05, 0) is 67.9 Å². The number of likely N-dealkylation sites (N-methyl/N-ethyl adjacent to an activating group) is 1. The second kappa shape index (κ2) is 12.5. The maximum atomic E-state index is 13.0. The molecule has 0 radical (unpaired) electrons. The number of methoxy groups -OCH3 is 2. The van der Waals surface area contributed by atoms with Crippen molar-refractivity contribution in [3.63, 3.8) is 0 Å². The van der Waals surface area contributed by atoms with Crippen molar-refractivity contribution in [2.45, 2.75) is 74.8 Å². The highest BCUT2D eigenvalue weighted by Gasteiger charge is 2.62. The van der Waals surface area contributed by atoms with Crippen molar-refractivity contribution >= 4 is 5.91 Å². The molecule has 1 saturated heterocycles. The number of hydrogen-bond acceptors (Lipinski definition) is 3. The Bertz CT molecular complexity index is 1070. The third-order valence-electron chi connectivity index (χ3n) is 9.24. The van der Waals surface area contributed by atoms with E-state index in [9.17, 15) is 4.79 Å². The Labute approximate surface area is 229 Å². The average Bonchev–Trinajstić information content (AvgIpc) is 2.93. The van der Waals surface area contributed by atoms with Crippen LogP contribution in [-0.2, 0) is 21.4 Å². The van der Waals surface area contributed by atoms with Crippen molar-refractivity contribution in [1.82, 2.24) is 5.32 Å². The van der Waals surface area contributed by atoms with Crippen LogP contribution in [0.3, 0.4) is 0 Å². The number of quaternary nitrogens is 1. The molecule has 0 aromatic heterocycles. The molecule has 1 N–H and O–H groups in total. The molecular weight excluding hydrogens is 472 g/mol. The van der Waals surface area contributed by atoms with Gasteiger partial charge in [-0.1, -0.05) is 55.5 Å². The van der Waals surface area contributed by atoms with Crippen molar-refractivity contribution in [2.75, 3.05) is 40.9 Å². The molecule has 2 fully saturated rings. The van der Waals surface area contributed by atoms with Gasteiger partial charge < -0.3 is 19.3 Å². The molecule has 1 saturated carbocycles. The zero-order chi connectivity index (χ0) is 27.1. The Morgan fingerprint density at radius 1 is 1.11 bits per heavy atom. The summed E-state index contributed by atoms with van der Waals surface area (Å²) >= 11 is 0. The van der Waals surface area contributed by atoms with Crippen LogP contribution in [0.25, 0.3) is 0 Å². The molecular formula is C33H47N2O3+. The maximum Gasteiger partial charge on any atom is 0.220 e. The first-order valence-corrected chi connectivity index (χ1v) is 14.3. The van der Waals surface area contributed by atoms with E-state index in [1.807, 2.05) is 19.3 Å². The minimum Gasteiger partial charge on any atom is -0.497 e. The molecule has 1 heterocycles. The monoisotopic (exact) mass is 519 g/mol. The van der Waals surface area contributed by atoms with Gasteiger partial charge in [0, 0.05) is 31.4 Å². The van der Waals surface area contributed by atoms with Gasteiger partial charge in [0.1, 0.15) is 17.9 Å². The van der Waals surface area contributed by atoms with Crippen LogP contribution in [0.15, 0.2) is 67.3 Å². The van der Waals surface area contributed by atoms with Crippen LogP contribution < -0.4 is 10.1 Å². The smallest absolute Gasteiger partial charge is 0.220 e. The average molecular weight is 520 g/mol. The number of nitrogens with zero attached hydrogens (tertiary/aromatic N) is 1. The minimum atomic E-state index is -0.298. The lowest BCUT2D eigenvalue weighted by molar-refractivity contribution is -0.918. The zero-order valence-electron chi connectivity index (χ0n) is 23.7. The Morgan fingerprint density at radius 3 is 2.66 bits per heavy atom. The molecule has 4 rings (SSSR count). The highest BCUT2D eigenvalue weighted by molar-refractivity contribution is 5.76. The molecule has 2 aliphatic rings. The summed E-state index contributed by atoms with van der Waals surface area (Å²) in [6.45, 7) is 6.95. The summed E-state index contributed by atoms with van der Waals surface area (Å²) in [6.07, 6.45) is 10.6. The zero-order valence-corrected chi connectivity index (χ0v) is 23.7. The van der Waals surface area contributed by atoms with Crippen molar-refractivity contribution in [2.24, 2.45) is 0 Å². The molecule has 5 heteroatoms. The van der Waals surface area contributed by atoms with E-state index in [4.69, 9.17) is 9.47 Å². The normalized spacial score (nSPS) is 28.8. The molecule has 0 bridgehead atoms. The number of carbonyl (C=O) groups excluding carboxylic acids is 1. The molecule has 4 atom stereocenters. The number of fused-ring (bicyclic) bond motifs is 1. The first-order chi connectivity index (χ1) is 18.4. The van der Waals surface area contributed by atoms with E-state index < -0.39 is 0 Å². The molecule has 5 nitrogen and oxygen atoms in total. The molecule has 38 heavy (non-hydrogen) atoms. The number of rotatable bonds is 12. The summed E-state index contributed by atoms with van der Waals surface area (Å²) < 4.78 is 13.1. The Kier molecular flexibility index (Phi) is 9.32. The van der Waals surface area contributed by atoms with Crippen molar-refractivity contribution in [3.05, 3.63) is 78.4 Å². The van der Waals surface area contributed by atoms with Gasteiger partial charge in [-0.2, -0.15) is 0 Å². The molecule has 2 aromatic carbocycles. The molecule has 1 aliphatic carbocycles. The van der Waals surface area contributed by atoms with Crippen molar-refractivity contribution in [1.29, 1.82) is 0 Å². The first kappa shape index (κ1) is 28.4. The molecule has 1 unspecified atom stereocenters. The van der Waals surface area contributed by atoms with E-state index in [0.29, 0.717) is 6.42 Å². The highest BCUT2D eigenvalue weighted by atomic mass is 16.5. The Hall–Kier alpha value is -2.63. The predicted octanol–water partition coefficient (Wildman–Crippen LogP) is 5.83. The maximum absolute atomic E-state index is 13.0. The van der Waals surface area contributed by atoms with Crippen LogP contribution in [0.2, 0.25) is 0 Å². The minimum absolute atomic E-state index is 0.151. The number of aryl methyl sites for hydroxylation is 1. The Balaban J connectivity index is 1.44. The standard InChI is InChI=1S/C33H46N2O3/c1-5-22-35(2)23-21-32(28-16-12-17-30(24-28)37-3)25-29(19-20-33(32,26-35)38-4)34-31(36)18-11-7-10-15-27-13-8-6-9-14-27/h5-6,8-9,12-14,16-17,24,29H,1,7,10-11,15,18-23,25-26H2,2-4H3/p+1/t29-,32-,33?,35-/m0/s1. The van der Waals surface area contributed by atoms with E-state index in [-0.39, 0.29) is 23.0 Å². The van der Waals surface area contributed by atoms with Crippen molar-refractivity contribution < 1.29 is 18.8 Å². The molecule has 1 aliphatic heterocycles. The van der Waals surface area contributed by atoms with Gasteiger partial charge in [-0.15, -0.1) is 0 Å². The third kappa shape index (κ3) is 6.16. The van der Waals surface area contributed by atoms with E-state index in [2.05, 4.69) is 67.5 Å². The Morgan fingerprint density at radius 2 is 1.92 bits per heavy atom. The van der Waals surface area contributed by atoms with Crippen LogP contribution in [0, 0.1) is 0 Å². The number of ether oxygens (including phenoxy) is 2. The van der Waals surface area contributed by atoms with Crippen LogP contribution >= 0.6 is 0 Å². The summed E-state index contributed by atoms with van der Waals surface area (Å²) in [5.74, 6) is 1.06. The number of amides is 1. The second-order valence-corrected chi connectivity index (χ2v) is 11.8. The number of benzene rings is 2. The van der Waals surface area contributed by atoms with Crippen LogP contribution in [0.4, 0.5) is 0 Å². The van der Waals surface area contributed by atoms with Gasteiger partial charge in [-0.3, -0.25) is 4.79 Å². The number of piperidine rings is 1. The molecule has 0 spiro atoms. The second-order valence-electron chi connectivity index (χ2n) is 11.8. The number of unbranched alkanes of at least 4 members (excludes halogenated alkanes) is 2. The highest BCUT2D eigenvalue weighted by Crippen LogP contribution is 2.54. The number of carbonyl (C=O) groups is 1. The lowest BCUT2D eigenvalue weighted by atomic mass is 9.54. The fourth-order valence-corrected chi connectivity index (χ4v) is 7.21. The quantitative estimate of drug-likeness (QED) is 0.218.